The number of benzene rings is 2. The van der Waals surface area contributed by atoms with Gasteiger partial charge in [0.15, 0.2) is 6.61 Å². The van der Waals surface area contributed by atoms with Crippen molar-refractivity contribution in [3.63, 3.8) is 0 Å². The molecule has 0 radical (unpaired) electrons. The highest BCUT2D eigenvalue weighted by molar-refractivity contribution is 7.87. The maximum absolute atomic E-state index is 12.1. The molecule has 2 aromatic rings. The fourth-order valence-corrected chi connectivity index (χ4v) is 2.73. The number of hydrogen-bond acceptors (Lipinski definition) is 5. The highest BCUT2D eigenvalue weighted by Crippen LogP contribution is 2.28. The highest BCUT2D eigenvalue weighted by atomic mass is 35.5. The summed E-state index contributed by atoms with van der Waals surface area (Å²) in [5, 5.41) is 8.72. The molecule has 6 nitrogen and oxygen atoms in total. The maximum atomic E-state index is 12.1. The summed E-state index contributed by atoms with van der Waals surface area (Å²) in [5.74, 6) is -1.15. The summed E-state index contributed by atoms with van der Waals surface area (Å²) >= 11 is 5.84. The van der Waals surface area contributed by atoms with Crippen LogP contribution in [-0.4, -0.2) is 26.1 Å². The van der Waals surface area contributed by atoms with Crippen molar-refractivity contribution in [3.05, 3.63) is 53.6 Å². The average molecular weight is 343 g/mol. The lowest BCUT2D eigenvalue weighted by Crippen LogP contribution is -2.11. The molecule has 8 heteroatoms. The molecule has 2 rings (SSSR count). The third-order valence-electron chi connectivity index (χ3n) is 2.44. The van der Waals surface area contributed by atoms with Gasteiger partial charge in [0.05, 0.1) is 0 Å². The van der Waals surface area contributed by atoms with Gasteiger partial charge in [0.2, 0.25) is 0 Å². The number of carboxylic acid groups (broad SMARTS) is 1. The Morgan fingerprint density at radius 2 is 1.73 bits per heavy atom. The van der Waals surface area contributed by atoms with Crippen LogP contribution in [0.1, 0.15) is 0 Å². The van der Waals surface area contributed by atoms with Crippen LogP contribution in [0.2, 0.25) is 5.02 Å². The largest absolute Gasteiger partial charge is 0.482 e. The van der Waals surface area contributed by atoms with E-state index in [1.165, 1.54) is 30.3 Å². The van der Waals surface area contributed by atoms with E-state index < -0.39 is 22.7 Å². The molecule has 1 N–H and O–H groups in total. The molecular weight excluding hydrogens is 332 g/mol. The smallest absolute Gasteiger partial charge is 0.341 e. The van der Waals surface area contributed by atoms with E-state index in [1.807, 2.05) is 0 Å². The number of halogens is 1. The van der Waals surface area contributed by atoms with E-state index in [0.29, 0.717) is 0 Å². The van der Waals surface area contributed by atoms with Crippen LogP contribution in [0.25, 0.3) is 0 Å². The SMILES string of the molecule is O=C(O)COc1cc(Cl)cc(OS(=O)(=O)c2ccccc2)c1. The summed E-state index contributed by atoms with van der Waals surface area (Å²) in [7, 11) is -4.01. The highest BCUT2D eigenvalue weighted by Gasteiger charge is 2.17. The van der Waals surface area contributed by atoms with Gasteiger partial charge in [0, 0.05) is 17.2 Å². The molecule has 0 fully saturated rings. The van der Waals surface area contributed by atoms with Crippen LogP contribution in [0.15, 0.2) is 53.4 Å². The fourth-order valence-electron chi connectivity index (χ4n) is 1.58. The van der Waals surface area contributed by atoms with Crippen molar-refractivity contribution in [2.75, 3.05) is 6.61 Å². The zero-order valence-electron chi connectivity index (χ0n) is 11.1. The summed E-state index contributed by atoms with van der Waals surface area (Å²) in [6.45, 7) is -0.578. The van der Waals surface area contributed by atoms with Crippen molar-refractivity contribution in [1.82, 2.24) is 0 Å². The first-order valence-electron chi connectivity index (χ1n) is 6.01. The fraction of sp³-hybridized carbons (Fsp3) is 0.0714. The second-order valence-corrected chi connectivity index (χ2v) is 6.14. The minimum Gasteiger partial charge on any atom is -0.482 e. The van der Waals surface area contributed by atoms with Gasteiger partial charge in [-0.15, -0.1) is 0 Å². The predicted octanol–water partition coefficient (Wildman–Crippen LogP) is 2.57. The molecule has 0 saturated carbocycles. The molecule has 2 aromatic carbocycles. The second-order valence-electron chi connectivity index (χ2n) is 4.16. The normalized spacial score (nSPS) is 11.0. The molecule has 0 aliphatic carbocycles. The molecule has 0 saturated heterocycles. The van der Waals surface area contributed by atoms with Crippen molar-refractivity contribution >= 4 is 27.7 Å². The van der Waals surface area contributed by atoms with E-state index >= 15 is 0 Å². The number of rotatable bonds is 6. The molecule has 0 unspecified atom stereocenters. The summed E-state index contributed by atoms with van der Waals surface area (Å²) < 4.78 is 34.1. The van der Waals surface area contributed by atoms with Gasteiger partial charge in [-0.05, 0) is 18.2 Å². The number of carboxylic acids is 1. The molecule has 22 heavy (non-hydrogen) atoms. The van der Waals surface area contributed by atoms with Gasteiger partial charge in [0.1, 0.15) is 16.4 Å². The minimum absolute atomic E-state index is 0.0111. The first kappa shape index (κ1) is 16.1. The van der Waals surface area contributed by atoms with Gasteiger partial charge in [-0.3, -0.25) is 0 Å². The van der Waals surface area contributed by atoms with E-state index in [1.54, 1.807) is 18.2 Å². The van der Waals surface area contributed by atoms with Crippen molar-refractivity contribution < 1.29 is 27.2 Å². The van der Waals surface area contributed by atoms with Crippen LogP contribution in [-0.2, 0) is 14.9 Å². The molecular formula is C14H11ClO6S. The first-order valence-corrected chi connectivity index (χ1v) is 7.80. The van der Waals surface area contributed by atoms with Crippen molar-refractivity contribution in [1.29, 1.82) is 0 Å². The van der Waals surface area contributed by atoms with Crippen LogP contribution in [0, 0.1) is 0 Å². The quantitative estimate of drug-likeness (QED) is 0.811. The molecule has 0 spiro atoms. The van der Waals surface area contributed by atoms with Crippen LogP contribution >= 0.6 is 11.6 Å². The molecule has 0 amide bonds. The lowest BCUT2D eigenvalue weighted by Gasteiger charge is -2.09. The number of ether oxygens (including phenoxy) is 1. The van der Waals surface area contributed by atoms with Crippen molar-refractivity contribution in [2.45, 2.75) is 4.90 Å². The minimum atomic E-state index is -4.01. The van der Waals surface area contributed by atoms with E-state index in [4.69, 9.17) is 25.6 Å². The van der Waals surface area contributed by atoms with E-state index in [2.05, 4.69) is 0 Å². The average Bonchev–Trinajstić information content (AvgIpc) is 2.45. The van der Waals surface area contributed by atoms with E-state index in [9.17, 15) is 13.2 Å². The number of carbonyl (C=O) groups is 1. The second kappa shape index (κ2) is 6.67. The van der Waals surface area contributed by atoms with Gasteiger partial charge < -0.3 is 14.0 Å². The van der Waals surface area contributed by atoms with Gasteiger partial charge in [-0.1, -0.05) is 29.8 Å². The third kappa shape index (κ3) is 4.37. The topological polar surface area (TPSA) is 89.9 Å². The Kier molecular flexibility index (Phi) is 4.89. The molecule has 0 bridgehead atoms. The number of aliphatic carboxylic acids is 1. The monoisotopic (exact) mass is 342 g/mol. The summed E-state index contributed by atoms with van der Waals surface area (Å²) in [6.07, 6.45) is 0. The van der Waals surface area contributed by atoms with Gasteiger partial charge >= 0.3 is 16.1 Å². The Labute approximate surface area is 132 Å². The lowest BCUT2D eigenvalue weighted by molar-refractivity contribution is -0.139. The first-order chi connectivity index (χ1) is 10.4. The predicted molar refractivity (Wildman–Crippen MR) is 78.8 cm³/mol. The third-order valence-corrected chi connectivity index (χ3v) is 3.92. The Bertz CT molecular complexity index is 773. The lowest BCUT2D eigenvalue weighted by atomic mass is 10.3. The van der Waals surface area contributed by atoms with Crippen LogP contribution in [0.3, 0.4) is 0 Å². The van der Waals surface area contributed by atoms with Crippen molar-refractivity contribution in [2.24, 2.45) is 0 Å². The Hall–Kier alpha value is -2.25. The van der Waals surface area contributed by atoms with E-state index in [0.717, 1.165) is 0 Å². The van der Waals surface area contributed by atoms with E-state index in [-0.39, 0.29) is 21.4 Å². The van der Waals surface area contributed by atoms with Crippen molar-refractivity contribution in [3.8, 4) is 11.5 Å². The molecule has 116 valence electrons. The van der Waals surface area contributed by atoms with Crippen LogP contribution < -0.4 is 8.92 Å². The molecule has 0 atom stereocenters. The van der Waals surface area contributed by atoms with Crippen LogP contribution in [0.4, 0.5) is 0 Å². The summed E-state index contributed by atoms with van der Waals surface area (Å²) in [6, 6.07) is 11.5. The molecule has 0 aromatic heterocycles. The van der Waals surface area contributed by atoms with Gasteiger partial charge in [0.25, 0.3) is 0 Å². The molecule has 0 aliphatic heterocycles. The number of hydrogen-bond donors (Lipinski definition) is 1. The zero-order chi connectivity index (χ0) is 16.2. The molecule has 0 heterocycles. The zero-order valence-corrected chi connectivity index (χ0v) is 12.7. The molecule has 0 aliphatic rings. The Morgan fingerprint density at radius 1 is 1.09 bits per heavy atom. The summed E-state index contributed by atoms with van der Waals surface area (Å²) in [5.41, 5.74) is 0. The maximum Gasteiger partial charge on any atom is 0.341 e. The van der Waals surface area contributed by atoms with Gasteiger partial charge in [-0.25, -0.2) is 4.79 Å². The van der Waals surface area contributed by atoms with Gasteiger partial charge in [-0.2, -0.15) is 8.42 Å². The summed E-state index contributed by atoms with van der Waals surface area (Å²) in [4.78, 5) is 10.5. The Balaban J connectivity index is 2.24. The Morgan fingerprint density at radius 3 is 2.36 bits per heavy atom. The standard InChI is InChI=1S/C14H11ClO6S/c15-10-6-11(20-9-14(16)17)8-12(7-10)21-22(18,19)13-4-2-1-3-5-13/h1-8H,9H2,(H,16,17). The van der Waals surface area contributed by atoms with Crippen LogP contribution in [0.5, 0.6) is 11.5 Å².